The molecule has 1 aromatic carbocycles. The molecule has 1 amide bonds. The fourth-order valence-corrected chi connectivity index (χ4v) is 3.46. The first kappa shape index (κ1) is 21.3. The number of aromatic nitrogens is 1. The zero-order chi connectivity index (χ0) is 21.2. The number of halogens is 1. The van der Waals surface area contributed by atoms with Gasteiger partial charge in [0.2, 0.25) is 0 Å². The number of hydrogen-bond acceptors (Lipinski definition) is 4. The standard InChI is InChI=1S/C21H25FN2O4/c1-7-24(20(26)15-10-8-9-11-16(15)22)14(4)19(25)17-12(2)18(21(27)28-6)23(5)13(17)3/h8-11,14H,7H2,1-6H3/t14-/m1/s1. The summed E-state index contributed by atoms with van der Waals surface area (Å²) in [6, 6.07) is 4.85. The van der Waals surface area contributed by atoms with E-state index in [1.807, 2.05) is 0 Å². The molecule has 0 bridgehead atoms. The van der Waals surface area contributed by atoms with Crippen LogP contribution in [0.1, 0.15) is 56.3 Å². The molecule has 0 saturated carbocycles. The van der Waals surface area contributed by atoms with Gasteiger partial charge in [0.05, 0.1) is 18.7 Å². The van der Waals surface area contributed by atoms with Crippen molar-refractivity contribution >= 4 is 17.7 Å². The van der Waals surface area contributed by atoms with Crippen molar-refractivity contribution in [2.24, 2.45) is 7.05 Å². The Hall–Kier alpha value is -2.96. The maximum Gasteiger partial charge on any atom is 0.354 e. The van der Waals surface area contributed by atoms with Crippen molar-refractivity contribution in [3.63, 3.8) is 0 Å². The number of esters is 1. The molecular weight excluding hydrogens is 363 g/mol. The van der Waals surface area contributed by atoms with Crippen molar-refractivity contribution in [1.29, 1.82) is 0 Å². The van der Waals surface area contributed by atoms with Crippen LogP contribution >= 0.6 is 0 Å². The van der Waals surface area contributed by atoms with Crippen LogP contribution in [0.4, 0.5) is 4.39 Å². The van der Waals surface area contributed by atoms with Gasteiger partial charge in [-0.3, -0.25) is 9.59 Å². The number of nitrogens with zero attached hydrogens (tertiary/aromatic N) is 2. The molecule has 7 heteroatoms. The summed E-state index contributed by atoms with van der Waals surface area (Å²) in [7, 11) is 2.96. The summed E-state index contributed by atoms with van der Waals surface area (Å²) in [5.74, 6) is -2.04. The minimum Gasteiger partial charge on any atom is -0.464 e. The van der Waals surface area contributed by atoms with Crippen molar-refractivity contribution in [2.75, 3.05) is 13.7 Å². The lowest BCUT2D eigenvalue weighted by atomic mass is 9.99. The largest absolute Gasteiger partial charge is 0.464 e. The summed E-state index contributed by atoms with van der Waals surface area (Å²) in [6.07, 6.45) is 0. The molecule has 0 aliphatic rings. The van der Waals surface area contributed by atoms with E-state index in [9.17, 15) is 18.8 Å². The fourth-order valence-electron chi connectivity index (χ4n) is 3.46. The number of benzene rings is 1. The van der Waals surface area contributed by atoms with E-state index < -0.39 is 23.7 Å². The maximum absolute atomic E-state index is 14.0. The molecule has 2 aromatic rings. The molecule has 0 saturated heterocycles. The number of hydrogen-bond donors (Lipinski definition) is 0. The van der Waals surface area contributed by atoms with E-state index in [4.69, 9.17) is 4.74 Å². The third kappa shape index (κ3) is 3.56. The van der Waals surface area contributed by atoms with Crippen LogP contribution in [0.3, 0.4) is 0 Å². The summed E-state index contributed by atoms with van der Waals surface area (Å²) in [4.78, 5) is 39.5. The molecule has 0 N–H and O–H groups in total. The Labute approximate surface area is 163 Å². The van der Waals surface area contributed by atoms with Crippen molar-refractivity contribution in [1.82, 2.24) is 9.47 Å². The Morgan fingerprint density at radius 1 is 1.21 bits per heavy atom. The van der Waals surface area contributed by atoms with Crippen LogP contribution in [0.25, 0.3) is 0 Å². The predicted molar refractivity (Wildman–Crippen MR) is 103 cm³/mol. The number of amides is 1. The predicted octanol–water partition coefficient (Wildman–Crippen LogP) is 3.30. The van der Waals surface area contributed by atoms with Crippen LogP contribution in [0.15, 0.2) is 24.3 Å². The quantitative estimate of drug-likeness (QED) is 0.562. The molecule has 1 atom stereocenters. The van der Waals surface area contributed by atoms with Gasteiger partial charge in [0.1, 0.15) is 11.5 Å². The van der Waals surface area contributed by atoms with Gasteiger partial charge in [-0.05, 0) is 45.4 Å². The van der Waals surface area contributed by atoms with Gasteiger partial charge >= 0.3 is 5.97 Å². The van der Waals surface area contributed by atoms with Crippen LogP contribution < -0.4 is 0 Å². The van der Waals surface area contributed by atoms with E-state index in [1.165, 1.54) is 30.2 Å². The lowest BCUT2D eigenvalue weighted by Gasteiger charge is -2.27. The number of carbonyl (C=O) groups excluding carboxylic acids is 3. The van der Waals surface area contributed by atoms with E-state index in [-0.39, 0.29) is 17.9 Å². The molecule has 28 heavy (non-hydrogen) atoms. The summed E-state index contributed by atoms with van der Waals surface area (Å²) in [6.45, 7) is 6.97. The monoisotopic (exact) mass is 388 g/mol. The van der Waals surface area contributed by atoms with Gasteiger partial charge < -0.3 is 14.2 Å². The van der Waals surface area contributed by atoms with Crippen molar-refractivity contribution in [3.8, 4) is 0 Å². The maximum atomic E-state index is 14.0. The molecule has 0 aliphatic heterocycles. The van der Waals surface area contributed by atoms with E-state index in [0.717, 1.165) is 0 Å². The van der Waals surface area contributed by atoms with Crippen LogP contribution in [0, 0.1) is 19.7 Å². The summed E-state index contributed by atoms with van der Waals surface area (Å²) >= 11 is 0. The highest BCUT2D eigenvalue weighted by atomic mass is 19.1. The summed E-state index contributed by atoms with van der Waals surface area (Å²) < 4.78 is 20.5. The van der Waals surface area contributed by atoms with E-state index in [2.05, 4.69) is 0 Å². The van der Waals surface area contributed by atoms with Gasteiger partial charge in [-0.25, -0.2) is 9.18 Å². The fraction of sp³-hybridized carbons (Fsp3) is 0.381. The zero-order valence-electron chi connectivity index (χ0n) is 17.0. The van der Waals surface area contributed by atoms with Crippen LogP contribution in [-0.2, 0) is 11.8 Å². The number of carbonyl (C=O) groups is 3. The lowest BCUT2D eigenvalue weighted by Crippen LogP contribution is -2.43. The first-order valence-electron chi connectivity index (χ1n) is 9.01. The summed E-state index contributed by atoms with van der Waals surface area (Å²) in [5.41, 5.74) is 1.68. The van der Waals surface area contributed by atoms with E-state index in [1.54, 1.807) is 45.4 Å². The van der Waals surface area contributed by atoms with Gasteiger partial charge in [0.25, 0.3) is 5.91 Å². The van der Waals surface area contributed by atoms with E-state index >= 15 is 0 Å². The van der Waals surface area contributed by atoms with Crippen LogP contribution in [0.5, 0.6) is 0 Å². The Morgan fingerprint density at radius 3 is 2.36 bits per heavy atom. The smallest absolute Gasteiger partial charge is 0.354 e. The Kier molecular flexibility index (Phi) is 6.38. The molecule has 0 unspecified atom stereocenters. The van der Waals surface area contributed by atoms with Crippen LogP contribution in [-0.4, -0.2) is 46.8 Å². The molecule has 0 fully saturated rings. The number of Topliss-reactive ketones (excluding diaryl/α,β-unsaturated/α-hetero) is 1. The average Bonchev–Trinajstić information content (AvgIpc) is 2.90. The third-order valence-corrected chi connectivity index (χ3v) is 5.11. The topological polar surface area (TPSA) is 68.6 Å². The molecule has 2 rings (SSSR count). The SMILES string of the molecule is CCN(C(=O)c1ccccc1F)[C@H](C)C(=O)c1c(C)c(C(=O)OC)n(C)c1C. The second-order valence-corrected chi connectivity index (χ2v) is 6.60. The van der Waals surface area contributed by atoms with Gasteiger partial charge in [-0.15, -0.1) is 0 Å². The highest BCUT2D eigenvalue weighted by Crippen LogP contribution is 2.25. The van der Waals surface area contributed by atoms with Crippen molar-refractivity contribution in [2.45, 2.75) is 33.7 Å². The molecule has 6 nitrogen and oxygen atoms in total. The molecular formula is C21H25FN2O4. The van der Waals surface area contributed by atoms with Gasteiger partial charge in [0.15, 0.2) is 5.78 Å². The number of likely N-dealkylation sites (N-methyl/N-ethyl adjacent to an activating group) is 1. The first-order valence-corrected chi connectivity index (χ1v) is 9.01. The van der Waals surface area contributed by atoms with Gasteiger partial charge in [-0.2, -0.15) is 0 Å². The number of ether oxygens (including phenoxy) is 1. The lowest BCUT2D eigenvalue weighted by molar-refractivity contribution is 0.0588. The second-order valence-electron chi connectivity index (χ2n) is 6.60. The molecule has 150 valence electrons. The molecule has 1 heterocycles. The minimum atomic E-state index is -0.831. The summed E-state index contributed by atoms with van der Waals surface area (Å²) in [5, 5.41) is 0. The molecule has 1 aromatic heterocycles. The van der Waals surface area contributed by atoms with Crippen molar-refractivity contribution in [3.05, 3.63) is 58.2 Å². The number of ketones is 1. The Morgan fingerprint density at radius 2 is 1.82 bits per heavy atom. The van der Waals surface area contributed by atoms with E-state index in [0.29, 0.717) is 22.5 Å². The number of rotatable bonds is 6. The van der Waals surface area contributed by atoms with Crippen molar-refractivity contribution < 1.29 is 23.5 Å². The van der Waals surface area contributed by atoms with Gasteiger partial charge in [0, 0.05) is 24.8 Å². The highest BCUT2D eigenvalue weighted by molar-refractivity contribution is 6.07. The molecule has 0 aliphatic carbocycles. The first-order chi connectivity index (χ1) is 13.2. The number of methoxy groups -OCH3 is 1. The zero-order valence-corrected chi connectivity index (χ0v) is 17.0. The minimum absolute atomic E-state index is 0.0826. The second kappa shape index (κ2) is 8.37. The average molecular weight is 388 g/mol. The Bertz CT molecular complexity index is 933. The Balaban J connectivity index is 2.44. The van der Waals surface area contributed by atoms with Gasteiger partial charge in [-0.1, -0.05) is 12.1 Å². The normalized spacial score (nSPS) is 11.8. The third-order valence-electron chi connectivity index (χ3n) is 5.11. The highest BCUT2D eigenvalue weighted by Gasteiger charge is 2.32. The molecule has 0 radical (unpaired) electrons. The molecule has 0 spiro atoms. The van der Waals surface area contributed by atoms with Crippen LogP contribution in [0.2, 0.25) is 0 Å².